The fraction of sp³-hybridized carbons (Fsp3) is 0.786. The van der Waals surface area contributed by atoms with Gasteiger partial charge < -0.3 is 10.2 Å². The number of Topliss-reactive ketones (excluding diaryl/α,β-unsaturated/α-hetero) is 1. The number of hydrogen-bond acceptors (Lipinski definition) is 3. The lowest BCUT2D eigenvalue weighted by molar-refractivity contribution is -0.126. The molecule has 0 saturated heterocycles. The predicted octanol–water partition coefficient (Wildman–Crippen LogP) is 3.45. The number of ketones is 1. The van der Waals surface area contributed by atoms with Gasteiger partial charge in [-0.2, -0.15) is 0 Å². The van der Waals surface area contributed by atoms with Crippen LogP contribution in [0.15, 0.2) is 0 Å². The first-order chi connectivity index (χ1) is 8.78. The van der Waals surface area contributed by atoms with Crippen molar-refractivity contribution >= 4 is 18.0 Å². The van der Waals surface area contributed by atoms with Crippen LogP contribution in [0.2, 0.25) is 0 Å². The van der Waals surface area contributed by atoms with Gasteiger partial charge in [0.05, 0.1) is 6.04 Å². The van der Waals surface area contributed by atoms with Crippen molar-refractivity contribution in [2.45, 2.75) is 60.4 Å². The molecule has 0 heterocycles. The number of rotatable bonds is 4. The number of carboxylic acid groups (broad SMARTS) is 2. The van der Waals surface area contributed by atoms with Crippen molar-refractivity contribution in [3.63, 3.8) is 0 Å². The lowest BCUT2D eigenvalue weighted by atomic mass is 9.80. The molecule has 20 heavy (non-hydrogen) atoms. The van der Waals surface area contributed by atoms with E-state index in [-0.39, 0.29) is 18.6 Å². The van der Waals surface area contributed by atoms with E-state index < -0.39 is 29.1 Å². The molecule has 0 saturated carbocycles. The zero-order chi connectivity index (χ0) is 16.3. The topological polar surface area (TPSA) is 94.9 Å². The summed E-state index contributed by atoms with van der Waals surface area (Å²) in [6.07, 6.45) is -2.68. The molecule has 1 atom stereocenters. The molecule has 0 aliphatic rings. The second-order valence-electron chi connectivity index (χ2n) is 7.03. The molecular weight excluding hydrogens is 262 g/mol. The van der Waals surface area contributed by atoms with Gasteiger partial charge >= 0.3 is 12.2 Å². The SMILES string of the molecule is CC(C)(C)C(=O)CCC(N(C(=O)O)C(=O)O)C(C)(C)C. The zero-order valence-electron chi connectivity index (χ0n) is 13.1. The highest BCUT2D eigenvalue weighted by Crippen LogP contribution is 2.30. The number of hydrogen-bond donors (Lipinski definition) is 2. The molecule has 2 N–H and O–H groups in total. The predicted molar refractivity (Wildman–Crippen MR) is 74.8 cm³/mol. The Morgan fingerprint density at radius 3 is 1.60 bits per heavy atom. The lowest BCUT2D eigenvalue weighted by Gasteiger charge is -2.36. The van der Waals surface area contributed by atoms with E-state index in [1.165, 1.54) is 0 Å². The van der Waals surface area contributed by atoms with Crippen molar-refractivity contribution in [1.29, 1.82) is 0 Å². The van der Waals surface area contributed by atoms with Crippen LogP contribution >= 0.6 is 0 Å². The molecule has 116 valence electrons. The highest BCUT2D eigenvalue weighted by atomic mass is 16.4. The monoisotopic (exact) mass is 287 g/mol. The lowest BCUT2D eigenvalue weighted by Crippen LogP contribution is -2.50. The average Bonchev–Trinajstić information content (AvgIpc) is 2.18. The van der Waals surface area contributed by atoms with Crippen molar-refractivity contribution in [2.75, 3.05) is 0 Å². The van der Waals surface area contributed by atoms with E-state index >= 15 is 0 Å². The van der Waals surface area contributed by atoms with E-state index in [0.29, 0.717) is 4.90 Å². The summed E-state index contributed by atoms with van der Waals surface area (Å²) >= 11 is 0. The minimum Gasteiger partial charge on any atom is -0.465 e. The van der Waals surface area contributed by atoms with Crippen molar-refractivity contribution in [3.8, 4) is 0 Å². The summed E-state index contributed by atoms with van der Waals surface area (Å²) in [5.74, 6) is -0.0116. The van der Waals surface area contributed by atoms with Gasteiger partial charge in [-0.25, -0.2) is 14.5 Å². The van der Waals surface area contributed by atoms with Gasteiger partial charge in [0.15, 0.2) is 0 Å². The van der Waals surface area contributed by atoms with Crippen LogP contribution in [0.3, 0.4) is 0 Å². The molecule has 6 heteroatoms. The van der Waals surface area contributed by atoms with Crippen LogP contribution in [-0.2, 0) is 4.79 Å². The third-order valence-corrected chi connectivity index (χ3v) is 3.20. The van der Waals surface area contributed by atoms with Gasteiger partial charge in [0, 0.05) is 11.8 Å². The van der Waals surface area contributed by atoms with Crippen molar-refractivity contribution in [1.82, 2.24) is 4.90 Å². The third-order valence-electron chi connectivity index (χ3n) is 3.20. The van der Waals surface area contributed by atoms with E-state index in [4.69, 9.17) is 10.2 Å². The Morgan fingerprint density at radius 1 is 0.950 bits per heavy atom. The molecule has 6 nitrogen and oxygen atoms in total. The Hall–Kier alpha value is -1.59. The van der Waals surface area contributed by atoms with Crippen LogP contribution in [0.25, 0.3) is 0 Å². The molecule has 0 radical (unpaired) electrons. The summed E-state index contributed by atoms with van der Waals surface area (Å²) in [6, 6.07) is -0.760. The van der Waals surface area contributed by atoms with Crippen molar-refractivity contribution in [2.24, 2.45) is 10.8 Å². The number of carbonyl (C=O) groups is 3. The second-order valence-corrected chi connectivity index (χ2v) is 7.03. The average molecular weight is 287 g/mol. The maximum Gasteiger partial charge on any atom is 0.417 e. The first kappa shape index (κ1) is 18.4. The standard InChI is InChI=1S/C14H25NO5/c1-13(2,3)9(15(11(17)18)12(19)20)7-8-10(16)14(4,5)6/h9H,7-8H2,1-6H3,(H,17,18)(H,19,20). The van der Waals surface area contributed by atoms with Crippen LogP contribution in [0.1, 0.15) is 54.4 Å². The molecule has 0 aromatic carbocycles. The van der Waals surface area contributed by atoms with Crippen molar-refractivity contribution in [3.05, 3.63) is 0 Å². The zero-order valence-corrected chi connectivity index (χ0v) is 13.1. The summed E-state index contributed by atoms with van der Waals surface area (Å²) in [7, 11) is 0. The van der Waals surface area contributed by atoms with E-state index in [1.807, 2.05) is 0 Å². The smallest absolute Gasteiger partial charge is 0.417 e. The fourth-order valence-electron chi connectivity index (χ4n) is 1.94. The van der Waals surface area contributed by atoms with E-state index in [9.17, 15) is 14.4 Å². The van der Waals surface area contributed by atoms with E-state index in [2.05, 4.69) is 0 Å². The molecule has 0 rings (SSSR count). The Morgan fingerprint density at radius 2 is 1.35 bits per heavy atom. The van der Waals surface area contributed by atoms with Gasteiger partial charge in [-0.05, 0) is 11.8 Å². The quantitative estimate of drug-likeness (QED) is 0.825. The van der Waals surface area contributed by atoms with E-state index in [1.54, 1.807) is 41.5 Å². The fourth-order valence-corrected chi connectivity index (χ4v) is 1.94. The summed E-state index contributed by atoms with van der Waals surface area (Å²) in [4.78, 5) is 34.6. The number of nitrogens with zero attached hydrogens (tertiary/aromatic N) is 1. The molecular formula is C14H25NO5. The van der Waals surface area contributed by atoms with Gasteiger partial charge in [-0.1, -0.05) is 41.5 Å². The third kappa shape index (κ3) is 5.19. The van der Waals surface area contributed by atoms with E-state index in [0.717, 1.165) is 0 Å². The molecule has 0 bridgehead atoms. The van der Waals surface area contributed by atoms with Crippen LogP contribution in [0.4, 0.5) is 9.59 Å². The summed E-state index contributed by atoms with van der Waals surface area (Å²) in [6.45, 7) is 10.6. The van der Waals surface area contributed by atoms with Gasteiger partial charge in [0.2, 0.25) is 0 Å². The highest BCUT2D eigenvalue weighted by molar-refractivity contribution is 5.86. The Bertz CT molecular complexity index is 375. The summed E-state index contributed by atoms with van der Waals surface area (Å²) < 4.78 is 0. The molecule has 0 aliphatic carbocycles. The molecule has 0 aromatic heterocycles. The van der Waals surface area contributed by atoms with Crippen LogP contribution < -0.4 is 0 Å². The molecule has 0 aliphatic heterocycles. The number of carbonyl (C=O) groups excluding carboxylic acids is 1. The van der Waals surface area contributed by atoms with Gasteiger partial charge in [-0.3, -0.25) is 4.79 Å². The summed E-state index contributed by atoms with van der Waals surface area (Å²) in [5, 5.41) is 18.1. The maximum atomic E-state index is 11.9. The molecule has 1 unspecified atom stereocenters. The molecule has 0 aromatic rings. The highest BCUT2D eigenvalue weighted by Gasteiger charge is 2.38. The van der Waals surface area contributed by atoms with Gasteiger partial charge in [0.1, 0.15) is 5.78 Å². The normalized spacial score (nSPS) is 13.7. The Labute approximate surface area is 119 Å². The molecule has 0 spiro atoms. The first-order valence-corrected chi connectivity index (χ1v) is 6.57. The Kier molecular flexibility index (Phi) is 5.74. The minimum absolute atomic E-state index is 0.0116. The largest absolute Gasteiger partial charge is 0.465 e. The minimum atomic E-state index is -1.51. The number of imide groups is 1. The Balaban J connectivity index is 5.16. The first-order valence-electron chi connectivity index (χ1n) is 6.57. The van der Waals surface area contributed by atoms with Gasteiger partial charge in [-0.15, -0.1) is 0 Å². The molecule has 2 amide bonds. The van der Waals surface area contributed by atoms with Crippen LogP contribution in [0, 0.1) is 10.8 Å². The maximum absolute atomic E-state index is 11.9. The van der Waals surface area contributed by atoms with Crippen LogP contribution in [-0.4, -0.2) is 39.1 Å². The molecule has 0 fully saturated rings. The second kappa shape index (κ2) is 6.24. The number of amides is 2. The van der Waals surface area contributed by atoms with Crippen molar-refractivity contribution < 1.29 is 24.6 Å². The van der Waals surface area contributed by atoms with Gasteiger partial charge in [0.25, 0.3) is 0 Å². The van der Waals surface area contributed by atoms with Crippen LogP contribution in [0.5, 0.6) is 0 Å². The summed E-state index contributed by atoms with van der Waals surface area (Å²) in [5.41, 5.74) is -1.09.